The number of aromatic carboxylic acids is 1. The van der Waals surface area contributed by atoms with E-state index >= 15 is 0 Å². The van der Waals surface area contributed by atoms with E-state index in [9.17, 15) is 9.90 Å². The van der Waals surface area contributed by atoms with E-state index in [-0.39, 0.29) is 4.88 Å². The maximum Gasteiger partial charge on any atom is 0.349 e. The highest BCUT2D eigenvalue weighted by molar-refractivity contribution is 7.17. The van der Waals surface area contributed by atoms with E-state index in [2.05, 4.69) is 44.2 Å². The molecule has 0 aliphatic heterocycles. The molecule has 8 heteroatoms. The lowest BCUT2D eigenvalue weighted by atomic mass is 10.2. The maximum atomic E-state index is 11.4. The van der Waals surface area contributed by atoms with Gasteiger partial charge in [0.1, 0.15) is 17.9 Å². The van der Waals surface area contributed by atoms with Gasteiger partial charge in [0, 0.05) is 36.9 Å². The van der Waals surface area contributed by atoms with E-state index in [1.807, 2.05) is 25.1 Å². The van der Waals surface area contributed by atoms with Gasteiger partial charge >= 0.3 is 5.97 Å². The summed E-state index contributed by atoms with van der Waals surface area (Å²) < 4.78 is 7.63. The molecule has 0 unspecified atom stereocenters. The van der Waals surface area contributed by atoms with E-state index in [1.54, 1.807) is 6.07 Å². The molecule has 0 radical (unpaired) electrons. The number of thiophene rings is 1. The lowest BCUT2D eigenvalue weighted by molar-refractivity contribution is 0.0698. The number of nitrogens with one attached hydrogen (secondary N) is 1. The van der Waals surface area contributed by atoms with E-state index < -0.39 is 5.97 Å². The summed E-state index contributed by atoms with van der Waals surface area (Å²) in [5, 5.41) is 13.9. The highest BCUT2D eigenvalue weighted by Gasteiger charge is 2.18. The van der Waals surface area contributed by atoms with Gasteiger partial charge in [0.25, 0.3) is 0 Å². The van der Waals surface area contributed by atoms with Crippen molar-refractivity contribution in [2.75, 3.05) is 18.5 Å². The predicted octanol–water partition coefficient (Wildman–Crippen LogP) is 4.37. The Balaban J connectivity index is 1.47. The molecule has 3 heterocycles. The summed E-state index contributed by atoms with van der Waals surface area (Å²) in [6.45, 7) is 3.72. The third-order valence-electron chi connectivity index (χ3n) is 4.45. The smallest absolute Gasteiger partial charge is 0.349 e. The van der Waals surface area contributed by atoms with Crippen LogP contribution in [0.4, 0.5) is 5.82 Å². The number of hydrogen-bond donors (Lipinski definition) is 2. The Hall–Kier alpha value is -3.39. The van der Waals surface area contributed by atoms with E-state index in [0.717, 1.165) is 22.8 Å². The van der Waals surface area contributed by atoms with Crippen LogP contribution in [0.5, 0.6) is 5.75 Å². The molecule has 4 rings (SSSR count). The molecule has 0 fully saturated rings. The molecule has 0 aliphatic rings. The molecule has 29 heavy (non-hydrogen) atoms. The van der Waals surface area contributed by atoms with Crippen molar-refractivity contribution in [3.8, 4) is 16.3 Å². The topological polar surface area (TPSA) is 89.3 Å². The van der Waals surface area contributed by atoms with Crippen LogP contribution in [0.2, 0.25) is 0 Å². The fourth-order valence-electron chi connectivity index (χ4n) is 3.14. The predicted molar refractivity (Wildman–Crippen MR) is 114 cm³/mol. The first kappa shape index (κ1) is 18.9. The van der Waals surface area contributed by atoms with E-state index in [4.69, 9.17) is 4.74 Å². The third-order valence-corrected chi connectivity index (χ3v) is 5.58. The SMILES string of the molecule is CCOc1cc(-c2cc(NCCn3ccc4ccccc43)ncn2)sc1C(=O)O. The lowest BCUT2D eigenvalue weighted by Crippen LogP contribution is -2.10. The number of nitrogens with zero attached hydrogens (tertiary/aromatic N) is 3. The highest BCUT2D eigenvalue weighted by atomic mass is 32.1. The summed E-state index contributed by atoms with van der Waals surface area (Å²) in [6.07, 6.45) is 3.55. The monoisotopic (exact) mass is 408 g/mol. The normalized spacial score (nSPS) is 10.9. The molecule has 0 aliphatic carbocycles. The molecule has 3 aromatic heterocycles. The van der Waals surface area contributed by atoms with Crippen LogP contribution in [0.3, 0.4) is 0 Å². The second-order valence-corrected chi connectivity index (χ2v) is 7.38. The summed E-state index contributed by atoms with van der Waals surface area (Å²) in [5.41, 5.74) is 1.85. The molecule has 0 atom stereocenters. The summed E-state index contributed by atoms with van der Waals surface area (Å²) in [7, 11) is 0. The van der Waals surface area contributed by atoms with Gasteiger partial charge in [-0.2, -0.15) is 0 Å². The molecule has 0 bridgehead atoms. The quantitative estimate of drug-likeness (QED) is 0.450. The van der Waals surface area contributed by atoms with Crippen LogP contribution >= 0.6 is 11.3 Å². The highest BCUT2D eigenvalue weighted by Crippen LogP contribution is 2.36. The minimum atomic E-state index is -1.00. The molecule has 7 nitrogen and oxygen atoms in total. The van der Waals surface area contributed by atoms with Crippen molar-refractivity contribution in [3.05, 3.63) is 59.9 Å². The van der Waals surface area contributed by atoms with Gasteiger partial charge < -0.3 is 19.7 Å². The van der Waals surface area contributed by atoms with Crippen molar-refractivity contribution < 1.29 is 14.6 Å². The summed E-state index contributed by atoms with van der Waals surface area (Å²) in [6, 6.07) is 13.9. The van der Waals surface area contributed by atoms with E-state index in [0.29, 0.717) is 30.4 Å². The number of carboxylic acids is 1. The fraction of sp³-hybridized carbons (Fsp3) is 0.190. The first-order chi connectivity index (χ1) is 14.2. The number of carboxylic acid groups (broad SMARTS) is 1. The minimum absolute atomic E-state index is 0.175. The molecule has 0 saturated heterocycles. The molecule has 2 N–H and O–H groups in total. The number of rotatable bonds is 8. The van der Waals surface area contributed by atoms with Crippen molar-refractivity contribution >= 4 is 34.0 Å². The van der Waals surface area contributed by atoms with Gasteiger partial charge in [0.15, 0.2) is 4.88 Å². The zero-order chi connectivity index (χ0) is 20.2. The molecular formula is C21H20N4O3S. The maximum absolute atomic E-state index is 11.4. The number of hydrogen-bond acceptors (Lipinski definition) is 6. The summed E-state index contributed by atoms with van der Waals surface area (Å²) >= 11 is 1.15. The van der Waals surface area contributed by atoms with Crippen LogP contribution in [0.25, 0.3) is 21.5 Å². The van der Waals surface area contributed by atoms with Crippen LogP contribution in [-0.2, 0) is 6.54 Å². The molecule has 0 amide bonds. The number of para-hydroxylation sites is 1. The van der Waals surface area contributed by atoms with Gasteiger partial charge in [0.2, 0.25) is 0 Å². The number of fused-ring (bicyclic) bond motifs is 1. The zero-order valence-corrected chi connectivity index (χ0v) is 16.6. The van der Waals surface area contributed by atoms with Gasteiger partial charge in [-0.05, 0) is 24.4 Å². The minimum Gasteiger partial charge on any atom is -0.492 e. The number of carbonyl (C=O) groups is 1. The Morgan fingerprint density at radius 3 is 2.93 bits per heavy atom. The van der Waals surface area contributed by atoms with Crippen molar-refractivity contribution in [2.45, 2.75) is 13.5 Å². The van der Waals surface area contributed by atoms with Gasteiger partial charge in [-0.25, -0.2) is 14.8 Å². The third kappa shape index (κ3) is 4.07. The Bertz CT molecular complexity index is 1150. The molecule has 0 spiro atoms. The number of aromatic nitrogens is 3. The second-order valence-electron chi connectivity index (χ2n) is 6.33. The van der Waals surface area contributed by atoms with Gasteiger partial charge in [-0.15, -0.1) is 11.3 Å². The van der Waals surface area contributed by atoms with Crippen LogP contribution in [-0.4, -0.2) is 38.8 Å². The van der Waals surface area contributed by atoms with Gasteiger partial charge in [-0.1, -0.05) is 18.2 Å². The van der Waals surface area contributed by atoms with Crippen LogP contribution in [0.1, 0.15) is 16.6 Å². The largest absolute Gasteiger partial charge is 0.492 e. The van der Waals surface area contributed by atoms with Crippen molar-refractivity contribution in [3.63, 3.8) is 0 Å². The number of benzene rings is 1. The first-order valence-corrected chi connectivity index (χ1v) is 10.1. The Morgan fingerprint density at radius 1 is 1.24 bits per heavy atom. The average Bonchev–Trinajstić information content (AvgIpc) is 3.33. The standard InChI is InChI=1S/C21H20N4O3S/c1-2-28-17-12-18(29-20(17)21(26)27)15-11-19(24-13-23-15)22-8-10-25-9-7-14-5-3-4-6-16(14)25/h3-7,9,11-13H,2,8,10H2,1H3,(H,26,27)(H,22,23,24). The van der Waals surface area contributed by atoms with Gasteiger partial charge in [0.05, 0.1) is 17.2 Å². The molecule has 1 aromatic carbocycles. The van der Waals surface area contributed by atoms with Crippen LogP contribution in [0.15, 0.2) is 55.0 Å². The Kier molecular flexibility index (Phi) is 5.44. The van der Waals surface area contributed by atoms with E-state index in [1.165, 1.54) is 17.2 Å². The lowest BCUT2D eigenvalue weighted by Gasteiger charge is -2.08. The molecular weight excluding hydrogens is 388 g/mol. The Morgan fingerprint density at radius 2 is 2.10 bits per heavy atom. The number of ether oxygens (including phenoxy) is 1. The van der Waals surface area contributed by atoms with Gasteiger partial charge in [-0.3, -0.25) is 0 Å². The zero-order valence-electron chi connectivity index (χ0n) is 15.8. The number of anilines is 1. The summed E-state index contributed by atoms with van der Waals surface area (Å²) in [5.74, 6) is 0.0540. The fourth-order valence-corrected chi connectivity index (χ4v) is 4.05. The summed E-state index contributed by atoms with van der Waals surface area (Å²) in [4.78, 5) is 20.9. The molecule has 0 saturated carbocycles. The first-order valence-electron chi connectivity index (χ1n) is 9.26. The second kappa shape index (κ2) is 8.32. The molecule has 4 aromatic rings. The molecule has 148 valence electrons. The van der Waals surface area contributed by atoms with Crippen molar-refractivity contribution in [1.82, 2.24) is 14.5 Å². The van der Waals surface area contributed by atoms with Crippen molar-refractivity contribution in [2.24, 2.45) is 0 Å². The van der Waals surface area contributed by atoms with Crippen molar-refractivity contribution in [1.29, 1.82) is 0 Å². The van der Waals surface area contributed by atoms with Crippen LogP contribution in [0, 0.1) is 0 Å². The average molecular weight is 408 g/mol. The van der Waals surface area contributed by atoms with Crippen LogP contribution < -0.4 is 10.1 Å². The Labute approximate surface area is 171 Å².